The number of alkyl halides is 3. The number of piperidine rings is 1. The van der Waals surface area contributed by atoms with E-state index in [1.54, 1.807) is 6.92 Å². The number of sulfonamides is 1. The lowest BCUT2D eigenvalue weighted by Gasteiger charge is -2.30. The van der Waals surface area contributed by atoms with Gasteiger partial charge >= 0.3 is 18.1 Å². The summed E-state index contributed by atoms with van der Waals surface area (Å²) in [5, 5.41) is 0. The zero-order valence-corrected chi connectivity index (χ0v) is 19.2. The number of halogens is 3. The van der Waals surface area contributed by atoms with Crippen molar-refractivity contribution in [2.75, 3.05) is 19.7 Å². The first-order valence-electron chi connectivity index (χ1n) is 10.6. The molecule has 3 rings (SSSR count). The van der Waals surface area contributed by atoms with E-state index in [1.165, 1.54) is 46.8 Å². The van der Waals surface area contributed by atoms with Crippen molar-refractivity contribution in [2.24, 2.45) is 5.92 Å². The Labute approximate surface area is 195 Å². The highest BCUT2D eigenvalue weighted by molar-refractivity contribution is 7.89. The molecule has 0 radical (unpaired) electrons. The Balaban J connectivity index is 1.57. The second kappa shape index (κ2) is 10.6. The summed E-state index contributed by atoms with van der Waals surface area (Å²) in [6.07, 6.45) is -4.20. The molecule has 1 saturated heterocycles. The second-order valence-corrected chi connectivity index (χ2v) is 9.62. The normalized spacial score (nSPS) is 15.6. The average Bonchev–Trinajstić information content (AvgIpc) is 2.82. The molecule has 34 heavy (non-hydrogen) atoms. The number of ether oxygens (including phenoxy) is 2. The standard InChI is InChI=1S/C23H24F3NO6S/c1-2-32-21(28)16-7-9-19(10-8-16)34(30,31)27-13-11-17(12-14-27)22(29)33-15-18-5-3-4-6-20(18)23(24,25)26/h3-10,17H,2,11-15H2,1H3. The van der Waals surface area contributed by atoms with E-state index in [0.717, 1.165) is 6.07 Å². The van der Waals surface area contributed by atoms with Crippen LogP contribution in [0.5, 0.6) is 0 Å². The van der Waals surface area contributed by atoms with Crippen molar-refractivity contribution >= 4 is 22.0 Å². The van der Waals surface area contributed by atoms with E-state index < -0.39 is 46.2 Å². The average molecular weight is 500 g/mol. The Morgan fingerprint density at radius 2 is 1.62 bits per heavy atom. The Kier molecular flexibility index (Phi) is 7.98. The van der Waals surface area contributed by atoms with Crippen LogP contribution >= 0.6 is 0 Å². The fourth-order valence-corrected chi connectivity index (χ4v) is 5.12. The molecule has 0 aromatic heterocycles. The Hall–Kier alpha value is -2.92. The Bertz CT molecular complexity index is 1120. The third-order valence-corrected chi connectivity index (χ3v) is 7.40. The maximum Gasteiger partial charge on any atom is 0.416 e. The van der Waals surface area contributed by atoms with Crippen LogP contribution in [0.3, 0.4) is 0 Å². The lowest BCUT2D eigenvalue weighted by molar-refractivity contribution is -0.153. The van der Waals surface area contributed by atoms with Gasteiger partial charge in [-0.15, -0.1) is 0 Å². The van der Waals surface area contributed by atoms with Crippen molar-refractivity contribution in [1.29, 1.82) is 0 Å². The predicted molar refractivity (Wildman–Crippen MR) is 115 cm³/mol. The highest BCUT2D eigenvalue weighted by Gasteiger charge is 2.35. The molecular formula is C23H24F3NO6S. The van der Waals surface area contributed by atoms with Crippen molar-refractivity contribution in [2.45, 2.75) is 37.4 Å². The fraction of sp³-hybridized carbons (Fsp3) is 0.391. The van der Waals surface area contributed by atoms with Crippen molar-refractivity contribution in [3.05, 3.63) is 65.2 Å². The minimum Gasteiger partial charge on any atom is -0.462 e. The summed E-state index contributed by atoms with van der Waals surface area (Å²) in [4.78, 5) is 24.1. The lowest BCUT2D eigenvalue weighted by atomic mass is 9.98. The molecule has 11 heteroatoms. The van der Waals surface area contributed by atoms with Gasteiger partial charge in [-0.3, -0.25) is 4.79 Å². The lowest BCUT2D eigenvalue weighted by Crippen LogP contribution is -2.40. The minimum atomic E-state index is -4.56. The maximum atomic E-state index is 13.1. The summed E-state index contributed by atoms with van der Waals surface area (Å²) in [6.45, 7) is 1.46. The first-order chi connectivity index (χ1) is 16.0. The van der Waals surface area contributed by atoms with E-state index in [4.69, 9.17) is 9.47 Å². The van der Waals surface area contributed by atoms with Gasteiger partial charge in [0.2, 0.25) is 10.0 Å². The number of hydrogen-bond donors (Lipinski definition) is 0. The monoisotopic (exact) mass is 499 g/mol. The van der Waals surface area contributed by atoms with Crippen LogP contribution in [-0.2, 0) is 37.1 Å². The van der Waals surface area contributed by atoms with E-state index in [2.05, 4.69) is 0 Å². The molecule has 0 saturated carbocycles. The zero-order chi connectivity index (χ0) is 24.9. The number of rotatable bonds is 7. The van der Waals surface area contributed by atoms with Crippen molar-refractivity contribution in [1.82, 2.24) is 4.31 Å². The molecule has 1 aliphatic rings. The second-order valence-electron chi connectivity index (χ2n) is 7.69. The Morgan fingerprint density at radius 1 is 1.00 bits per heavy atom. The summed E-state index contributed by atoms with van der Waals surface area (Å²) in [5.74, 6) is -1.83. The van der Waals surface area contributed by atoms with Crippen LogP contribution in [0, 0.1) is 5.92 Å². The van der Waals surface area contributed by atoms with Gasteiger partial charge in [0.25, 0.3) is 0 Å². The van der Waals surface area contributed by atoms with Gasteiger partial charge in [0, 0.05) is 18.7 Å². The molecule has 1 fully saturated rings. The van der Waals surface area contributed by atoms with E-state index >= 15 is 0 Å². The third kappa shape index (κ3) is 5.95. The molecule has 1 aliphatic heterocycles. The Morgan fingerprint density at radius 3 is 2.21 bits per heavy atom. The molecule has 0 atom stereocenters. The molecule has 0 amide bonds. The van der Waals surface area contributed by atoms with Gasteiger partial charge in [0.15, 0.2) is 0 Å². The van der Waals surface area contributed by atoms with Gasteiger partial charge in [0.05, 0.1) is 28.5 Å². The van der Waals surface area contributed by atoms with E-state index in [9.17, 15) is 31.2 Å². The summed E-state index contributed by atoms with van der Waals surface area (Å²) in [7, 11) is -3.84. The molecule has 2 aromatic rings. The molecular weight excluding hydrogens is 475 g/mol. The van der Waals surface area contributed by atoms with Gasteiger partial charge in [0.1, 0.15) is 6.61 Å². The van der Waals surface area contributed by atoms with E-state index in [-0.39, 0.29) is 48.6 Å². The quantitative estimate of drug-likeness (QED) is 0.535. The van der Waals surface area contributed by atoms with Gasteiger partial charge < -0.3 is 9.47 Å². The van der Waals surface area contributed by atoms with Crippen LogP contribution in [0.1, 0.15) is 41.3 Å². The van der Waals surface area contributed by atoms with Crippen molar-refractivity contribution < 1.29 is 40.7 Å². The summed E-state index contributed by atoms with van der Waals surface area (Å²) >= 11 is 0. The molecule has 0 aliphatic carbocycles. The number of benzene rings is 2. The van der Waals surface area contributed by atoms with Crippen LogP contribution in [0.2, 0.25) is 0 Å². The summed E-state index contributed by atoms with van der Waals surface area (Å²) in [5.41, 5.74) is -0.776. The number of hydrogen-bond acceptors (Lipinski definition) is 6. The smallest absolute Gasteiger partial charge is 0.416 e. The first kappa shape index (κ1) is 25.7. The molecule has 0 bridgehead atoms. The highest BCUT2D eigenvalue weighted by Crippen LogP contribution is 2.32. The molecule has 7 nitrogen and oxygen atoms in total. The number of nitrogens with zero attached hydrogens (tertiary/aromatic N) is 1. The topological polar surface area (TPSA) is 90.0 Å². The minimum absolute atomic E-state index is 0.00494. The van der Waals surface area contributed by atoms with Crippen LogP contribution < -0.4 is 0 Å². The summed E-state index contributed by atoms with van der Waals surface area (Å²) in [6, 6.07) is 10.2. The van der Waals surface area contributed by atoms with E-state index in [1.807, 2.05) is 0 Å². The maximum absolute atomic E-state index is 13.1. The van der Waals surface area contributed by atoms with Crippen LogP contribution in [-0.4, -0.2) is 44.4 Å². The number of carbonyl (C=O) groups is 2. The molecule has 184 valence electrons. The molecule has 0 unspecified atom stereocenters. The molecule has 2 aromatic carbocycles. The van der Waals surface area contributed by atoms with Crippen LogP contribution in [0.4, 0.5) is 13.2 Å². The molecule has 0 spiro atoms. The third-order valence-electron chi connectivity index (χ3n) is 5.48. The highest BCUT2D eigenvalue weighted by atomic mass is 32.2. The largest absolute Gasteiger partial charge is 0.462 e. The van der Waals surface area contributed by atoms with Gasteiger partial charge in [-0.1, -0.05) is 18.2 Å². The van der Waals surface area contributed by atoms with Gasteiger partial charge in [-0.05, 0) is 50.1 Å². The first-order valence-corrected chi connectivity index (χ1v) is 12.1. The fourth-order valence-electron chi connectivity index (χ4n) is 3.65. The van der Waals surface area contributed by atoms with Crippen molar-refractivity contribution in [3.8, 4) is 0 Å². The zero-order valence-electron chi connectivity index (χ0n) is 18.4. The molecule has 1 heterocycles. The predicted octanol–water partition coefficient (Wildman–Crippen LogP) is 4.03. The van der Waals surface area contributed by atoms with Gasteiger partial charge in [-0.2, -0.15) is 17.5 Å². The van der Waals surface area contributed by atoms with E-state index in [0.29, 0.717) is 0 Å². The van der Waals surface area contributed by atoms with Crippen molar-refractivity contribution in [3.63, 3.8) is 0 Å². The molecule has 0 N–H and O–H groups in total. The summed E-state index contributed by atoms with van der Waals surface area (Å²) < 4.78 is 76.3. The van der Waals surface area contributed by atoms with Crippen LogP contribution in [0.15, 0.2) is 53.4 Å². The SMILES string of the molecule is CCOC(=O)c1ccc(S(=O)(=O)N2CCC(C(=O)OCc3ccccc3C(F)(F)F)CC2)cc1. The van der Waals surface area contributed by atoms with Crippen LogP contribution in [0.25, 0.3) is 0 Å². The number of esters is 2. The number of carbonyl (C=O) groups excluding carboxylic acids is 2. The van der Waals surface area contributed by atoms with Gasteiger partial charge in [-0.25, -0.2) is 13.2 Å².